The van der Waals surface area contributed by atoms with E-state index in [1.54, 1.807) is 6.07 Å². The highest BCUT2D eigenvalue weighted by Gasteiger charge is 2.33. The third kappa shape index (κ3) is 4.26. The maximum absolute atomic E-state index is 12.8. The summed E-state index contributed by atoms with van der Waals surface area (Å²) in [7, 11) is 0. The number of anilines is 1. The number of rotatable bonds is 4. The predicted molar refractivity (Wildman–Crippen MR) is 76.7 cm³/mol. The summed E-state index contributed by atoms with van der Waals surface area (Å²) >= 11 is 0. The van der Waals surface area contributed by atoms with Gasteiger partial charge < -0.3 is 20.2 Å². The number of carbonyl (C=O) groups excluding carboxylic acids is 1. The van der Waals surface area contributed by atoms with Gasteiger partial charge in [0.1, 0.15) is 11.4 Å². The van der Waals surface area contributed by atoms with E-state index in [0.29, 0.717) is 0 Å². The van der Waals surface area contributed by atoms with Gasteiger partial charge in [0.15, 0.2) is 0 Å². The van der Waals surface area contributed by atoms with Crippen LogP contribution in [0.2, 0.25) is 0 Å². The molecule has 0 spiro atoms. The number of nitrogens with one attached hydrogen (secondary N) is 2. The van der Waals surface area contributed by atoms with Gasteiger partial charge in [-0.05, 0) is 31.2 Å². The highest BCUT2D eigenvalue weighted by atomic mass is 19.4. The van der Waals surface area contributed by atoms with E-state index in [9.17, 15) is 23.1 Å². The van der Waals surface area contributed by atoms with Gasteiger partial charge in [-0.1, -0.05) is 12.1 Å². The van der Waals surface area contributed by atoms with Crippen molar-refractivity contribution in [3.05, 3.63) is 54.0 Å². The van der Waals surface area contributed by atoms with Gasteiger partial charge in [-0.15, -0.1) is 0 Å². The Bertz CT molecular complexity index is 667. The number of para-hydroxylation sites is 1. The lowest BCUT2D eigenvalue weighted by Gasteiger charge is -2.21. The molecule has 2 rings (SSSR count). The minimum Gasteiger partial charge on any atom is -0.466 e. The van der Waals surface area contributed by atoms with Crippen molar-refractivity contribution in [2.45, 2.75) is 18.7 Å². The van der Waals surface area contributed by atoms with Crippen LogP contribution in [0.4, 0.5) is 23.7 Å². The molecule has 0 aliphatic carbocycles. The molecule has 8 heteroatoms. The van der Waals surface area contributed by atoms with E-state index < -0.39 is 23.4 Å². The first-order chi connectivity index (χ1) is 10.7. The van der Waals surface area contributed by atoms with Gasteiger partial charge >= 0.3 is 12.2 Å². The molecule has 1 atom stereocenters. The normalized spacial score (nSPS) is 14.1. The third-order valence-electron chi connectivity index (χ3n) is 3.13. The Hall–Kier alpha value is -2.48. The number of halogens is 3. The quantitative estimate of drug-likeness (QED) is 0.806. The maximum Gasteiger partial charge on any atom is 0.418 e. The van der Waals surface area contributed by atoms with E-state index >= 15 is 0 Å². The van der Waals surface area contributed by atoms with E-state index in [4.69, 9.17) is 4.42 Å². The second-order valence-corrected chi connectivity index (χ2v) is 5.10. The molecule has 0 saturated heterocycles. The number of urea groups is 1. The summed E-state index contributed by atoms with van der Waals surface area (Å²) in [4.78, 5) is 11.8. The van der Waals surface area contributed by atoms with Crippen LogP contribution in [0, 0.1) is 0 Å². The lowest BCUT2D eigenvalue weighted by Crippen LogP contribution is -2.40. The van der Waals surface area contributed by atoms with Crippen molar-refractivity contribution in [3.8, 4) is 0 Å². The molecule has 0 fully saturated rings. The van der Waals surface area contributed by atoms with Crippen molar-refractivity contribution in [1.82, 2.24) is 5.32 Å². The molecule has 0 aliphatic heterocycles. The van der Waals surface area contributed by atoms with Gasteiger partial charge in [-0.2, -0.15) is 13.2 Å². The summed E-state index contributed by atoms with van der Waals surface area (Å²) in [6.07, 6.45) is -3.22. The number of furan rings is 1. The van der Waals surface area contributed by atoms with Crippen molar-refractivity contribution >= 4 is 11.7 Å². The molecule has 0 bridgehead atoms. The fourth-order valence-electron chi connectivity index (χ4n) is 1.93. The number of hydrogen-bond donors (Lipinski definition) is 3. The summed E-state index contributed by atoms with van der Waals surface area (Å²) in [5, 5.41) is 14.6. The van der Waals surface area contributed by atoms with E-state index in [1.165, 1.54) is 31.4 Å². The maximum atomic E-state index is 12.8. The lowest BCUT2D eigenvalue weighted by atomic mass is 10.0. The molecule has 2 aromatic rings. The highest BCUT2D eigenvalue weighted by Crippen LogP contribution is 2.34. The standard InChI is InChI=1S/C15H15F3N2O3/c1-14(22,12-7-4-8-23-12)9-19-13(21)20-11-6-3-2-5-10(11)15(16,17)18/h2-8,22H,9H2,1H3,(H2,19,20,21). The van der Waals surface area contributed by atoms with Crippen molar-refractivity contribution in [2.24, 2.45) is 0 Å². The van der Waals surface area contributed by atoms with Crippen LogP contribution in [-0.2, 0) is 11.8 Å². The van der Waals surface area contributed by atoms with Crippen LogP contribution in [0.1, 0.15) is 18.2 Å². The second-order valence-electron chi connectivity index (χ2n) is 5.10. The van der Waals surface area contributed by atoms with E-state index in [2.05, 4.69) is 10.6 Å². The summed E-state index contributed by atoms with van der Waals surface area (Å²) in [5.74, 6) is 0.230. The highest BCUT2D eigenvalue weighted by molar-refractivity contribution is 5.90. The first-order valence-electron chi connectivity index (χ1n) is 6.67. The molecule has 0 aliphatic rings. The summed E-state index contributed by atoms with van der Waals surface area (Å²) in [6.45, 7) is 1.18. The molecule has 23 heavy (non-hydrogen) atoms. The van der Waals surface area contributed by atoms with Gasteiger partial charge in [-0.25, -0.2) is 4.79 Å². The molecule has 0 radical (unpaired) electrons. The molecule has 1 aromatic heterocycles. The largest absolute Gasteiger partial charge is 0.466 e. The number of aliphatic hydroxyl groups is 1. The van der Waals surface area contributed by atoms with Gasteiger partial charge in [-0.3, -0.25) is 0 Å². The second kappa shape index (κ2) is 6.33. The average molecular weight is 328 g/mol. The van der Waals surface area contributed by atoms with Crippen molar-refractivity contribution in [2.75, 3.05) is 11.9 Å². The molecule has 0 saturated carbocycles. The molecule has 1 unspecified atom stereocenters. The lowest BCUT2D eigenvalue weighted by molar-refractivity contribution is -0.136. The smallest absolute Gasteiger partial charge is 0.418 e. The Morgan fingerprint density at radius 1 is 1.22 bits per heavy atom. The summed E-state index contributed by atoms with van der Waals surface area (Å²) in [5.41, 5.74) is -2.80. The Morgan fingerprint density at radius 2 is 1.91 bits per heavy atom. The topological polar surface area (TPSA) is 74.5 Å². The molecule has 1 aromatic carbocycles. The van der Waals surface area contributed by atoms with Crippen LogP contribution >= 0.6 is 0 Å². The monoisotopic (exact) mass is 328 g/mol. The van der Waals surface area contributed by atoms with Crippen LogP contribution in [0.25, 0.3) is 0 Å². The molecule has 1 heterocycles. The van der Waals surface area contributed by atoms with Gasteiger partial charge in [0, 0.05) is 0 Å². The van der Waals surface area contributed by atoms with Crippen LogP contribution in [0.3, 0.4) is 0 Å². The van der Waals surface area contributed by atoms with Crippen LogP contribution in [-0.4, -0.2) is 17.7 Å². The first kappa shape index (κ1) is 16.9. The SMILES string of the molecule is CC(O)(CNC(=O)Nc1ccccc1C(F)(F)F)c1ccco1. The van der Waals surface area contributed by atoms with Gasteiger partial charge in [0.25, 0.3) is 0 Å². The molecule has 124 valence electrons. The number of hydrogen-bond acceptors (Lipinski definition) is 3. The van der Waals surface area contributed by atoms with Crippen LogP contribution < -0.4 is 10.6 Å². The fraction of sp³-hybridized carbons (Fsp3) is 0.267. The van der Waals surface area contributed by atoms with Crippen molar-refractivity contribution < 1.29 is 27.5 Å². The van der Waals surface area contributed by atoms with Crippen LogP contribution in [0.15, 0.2) is 47.1 Å². The number of alkyl halides is 3. The first-order valence-corrected chi connectivity index (χ1v) is 6.67. The fourth-order valence-corrected chi connectivity index (χ4v) is 1.93. The number of amides is 2. The molecule has 3 N–H and O–H groups in total. The number of carbonyl (C=O) groups is 1. The Balaban J connectivity index is 2.01. The van der Waals surface area contributed by atoms with Crippen LogP contribution in [0.5, 0.6) is 0 Å². The van der Waals surface area contributed by atoms with Gasteiger partial charge in [0.2, 0.25) is 0 Å². The van der Waals surface area contributed by atoms with E-state index in [1.807, 2.05) is 0 Å². The molecule has 2 amide bonds. The minimum absolute atomic E-state index is 0.230. The average Bonchev–Trinajstić information content (AvgIpc) is 3.00. The van der Waals surface area contributed by atoms with E-state index in [0.717, 1.165) is 12.1 Å². The van der Waals surface area contributed by atoms with Crippen molar-refractivity contribution in [1.29, 1.82) is 0 Å². The zero-order chi connectivity index (χ0) is 17.1. The van der Waals surface area contributed by atoms with Crippen molar-refractivity contribution in [3.63, 3.8) is 0 Å². The molecular weight excluding hydrogens is 313 g/mol. The van der Waals surface area contributed by atoms with Gasteiger partial charge in [0.05, 0.1) is 24.1 Å². The summed E-state index contributed by atoms with van der Waals surface area (Å²) in [6, 6.07) is 6.86. The summed E-state index contributed by atoms with van der Waals surface area (Å²) < 4.78 is 43.5. The molecule has 5 nitrogen and oxygen atoms in total. The molecular formula is C15H15F3N2O3. The van der Waals surface area contributed by atoms with E-state index in [-0.39, 0.29) is 18.0 Å². The Morgan fingerprint density at radius 3 is 2.52 bits per heavy atom. The predicted octanol–water partition coefficient (Wildman–Crippen LogP) is 3.33. The zero-order valence-electron chi connectivity index (χ0n) is 12.1. The Kier molecular flexibility index (Phi) is 4.65. The Labute approximate surface area is 130 Å². The third-order valence-corrected chi connectivity index (χ3v) is 3.13. The number of benzene rings is 1. The minimum atomic E-state index is -4.58. The zero-order valence-corrected chi connectivity index (χ0v) is 12.1.